The van der Waals surface area contributed by atoms with Gasteiger partial charge < -0.3 is 5.73 Å². The van der Waals surface area contributed by atoms with Crippen LogP contribution in [-0.4, -0.2) is 25.8 Å². The summed E-state index contributed by atoms with van der Waals surface area (Å²) in [7, 11) is -3.85. The second-order valence-electron chi connectivity index (χ2n) is 5.73. The number of halogens is 1. The van der Waals surface area contributed by atoms with Gasteiger partial charge in [0, 0.05) is 13.1 Å². The van der Waals surface area contributed by atoms with Crippen LogP contribution in [0.25, 0.3) is 0 Å². The monoisotopic (exact) mass is 300 g/mol. The van der Waals surface area contributed by atoms with Gasteiger partial charge in [0.2, 0.25) is 10.0 Å². The van der Waals surface area contributed by atoms with Crippen molar-refractivity contribution in [1.82, 2.24) is 4.31 Å². The molecule has 1 aliphatic rings. The van der Waals surface area contributed by atoms with Gasteiger partial charge in [-0.05, 0) is 30.4 Å². The summed E-state index contributed by atoms with van der Waals surface area (Å²) in [5, 5.41) is 0. The number of nitrogens with zero attached hydrogens (tertiary/aromatic N) is 1. The predicted molar refractivity (Wildman–Crippen MR) is 77.2 cm³/mol. The number of piperidine rings is 1. The van der Waals surface area contributed by atoms with Crippen molar-refractivity contribution in [3.8, 4) is 0 Å². The second kappa shape index (κ2) is 5.33. The highest BCUT2D eigenvalue weighted by Gasteiger charge is 2.36. The molecule has 1 heterocycles. The maximum Gasteiger partial charge on any atom is 0.248 e. The maximum absolute atomic E-state index is 13.8. The van der Waals surface area contributed by atoms with E-state index < -0.39 is 15.8 Å². The van der Waals surface area contributed by atoms with Crippen LogP contribution >= 0.6 is 0 Å². The Bertz CT molecular complexity index is 573. The number of anilines is 1. The SMILES string of the molecule is CCC1(C)CCN(S(=O)(=O)c2c(N)cccc2F)CC1. The quantitative estimate of drug-likeness (QED) is 0.873. The van der Waals surface area contributed by atoms with Gasteiger partial charge in [0.15, 0.2) is 0 Å². The lowest BCUT2D eigenvalue weighted by Crippen LogP contribution is -2.42. The van der Waals surface area contributed by atoms with Gasteiger partial charge in [0.1, 0.15) is 10.7 Å². The Kier molecular flexibility index (Phi) is 4.07. The Morgan fingerprint density at radius 2 is 1.95 bits per heavy atom. The Morgan fingerprint density at radius 3 is 2.45 bits per heavy atom. The van der Waals surface area contributed by atoms with Crippen molar-refractivity contribution < 1.29 is 12.8 Å². The highest BCUT2D eigenvalue weighted by atomic mass is 32.2. The van der Waals surface area contributed by atoms with Crippen LogP contribution in [0, 0.1) is 11.2 Å². The zero-order chi connectivity index (χ0) is 15.0. The Balaban J connectivity index is 2.29. The molecule has 2 rings (SSSR count). The molecular weight excluding hydrogens is 279 g/mol. The van der Waals surface area contributed by atoms with E-state index in [0.29, 0.717) is 13.1 Å². The van der Waals surface area contributed by atoms with Crippen molar-refractivity contribution in [3.63, 3.8) is 0 Å². The summed E-state index contributed by atoms with van der Waals surface area (Å²) in [5.74, 6) is -0.783. The number of rotatable bonds is 3. The average Bonchev–Trinajstić information content (AvgIpc) is 2.39. The molecule has 1 aromatic carbocycles. The van der Waals surface area contributed by atoms with Gasteiger partial charge in [-0.3, -0.25) is 0 Å². The third kappa shape index (κ3) is 2.67. The van der Waals surface area contributed by atoms with Gasteiger partial charge in [-0.15, -0.1) is 0 Å². The molecule has 112 valence electrons. The van der Waals surface area contributed by atoms with Crippen molar-refractivity contribution >= 4 is 15.7 Å². The minimum atomic E-state index is -3.85. The zero-order valence-electron chi connectivity index (χ0n) is 11.9. The first-order valence-electron chi connectivity index (χ1n) is 6.84. The van der Waals surface area contributed by atoms with Crippen molar-refractivity contribution in [3.05, 3.63) is 24.0 Å². The van der Waals surface area contributed by atoms with E-state index in [1.54, 1.807) is 0 Å². The highest BCUT2D eigenvalue weighted by molar-refractivity contribution is 7.89. The van der Waals surface area contributed by atoms with E-state index in [1.165, 1.54) is 16.4 Å². The standard InChI is InChI=1S/C14H21FN2O2S/c1-3-14(2)7-9-17(10-8-14)20(18,19)13-11(15)5-4-6-12(13)16/h4-6H,3,7-10,16H2,1-2H3. The zero-order valence-corrected chi connectivity index (χ0v) is 12.7. The van der Waals surface area contributed by atoms with Crippen molar-refractivity contribution in [2.45, 2.75) is 38.0 Å². The summed E-state index contributed by atoms with van der Waals surface area (Å²) in [6, 6.07) is 3.95. The van der Waals surface area contributed by atoms with E-state index in [9.17, 15) is 12.8 Å². The van der Waals surface area contributed by atoms with E-state index >= 15 is 0 Å². The normalized spacial score (nSPS) is 19.9. The van der Waals surface area contributed by atoms with Gasteiger partial charge in [-0.25, -0.2) is 12.8 Å². The average molecular weight is 300 g/mol. The molecule has 1 fully saturated rings. The first-order chi connectivity index (χ1) is 9.30. The minimum absolute atomic E-state index is 0.0335. The Morgan fingerprint density at radius 1 is 1.35 bits per heavy atom. The summed E-state index contributed by atoms with van der Waals surface area (Å²) in [5.41, 5.74) is 5.79. The van der Waals surface area contributed by atoms with Crippen molar-refractivity contribution in [2.24, 2.45) is 5.41 Å². The van der Waals surface area contributed by atoms with E-state index in [2.05, 4.69) is 13.8 Å². The summed E-state index contributed by atoms with van der Waals surface area (Å²) in [6.07, 6.45) is 2.59. The molecule has 0 aromatic heterocycles. The molecular formula is C14H21FN2O2S. The molecule has 0 bridgehead atoms. The third-order valence-corrected chi connectivity index (χ3v) is 6.37. The first kappa shape index (κ1) is 15.3. The molecule has 1 aliphatic heterocycles. The Labute approximate surface area is 119 Å². The molecule has 0 amide bonds. The molecule has 0 aliphatic carbocycles. The first-order valence-corrected chi connectivity index (χ1v) is 8.28. The molecule has 0 radical (unpaired) electrons. The summed E-state index contributed by atoms with van der Waals surface area (Å²) >= 11 is 0. The molecule has 6 heteroatoms. The van der Waals surface area contributed by atoms with Crippen LogP contribution in [0.3, 0.4) is 0 Å². The molecule has 0 saturated carbocycles. The van der Waals surface area contributed by atoms with Crippen LogP contribution < -0.4 is 5.73 Å². The lowest BCUT2D eigenvalue weighted by atomic mass is 9.79. The number of benzene rings is 1. The second-order valence-corrected chi connectivity index (χ2v) is 7.60. The molecule has 0 unspecified atom stereocenters. The summed E-state index contributed by atoms with van der Waals surface area (Å²) < 4.78 is 40.2. The number of hydrogen-bond donors (Lipinski definition) is 1. The number of nitrogens with two attached hydrogens (primary N) is 1. The van der Waals surface area contributed by atoms with Crippen LogP contribution in [0.15, 0.2) is 23.1 Å². The van der Waals surface area contributed by atoms with E-state index in [4.69, 9.17) is 5.73 Å². The summed E-state index contributed by atoms with van der Waals surface area (Å²) in [6.45, 7) is 5.11. The van der Waals surface area contributed by atoms with Crippen LogP contribution in [0.2, 0.25) is 0 Å². The van der Waals surface area contributed by atoms with Crippen molar-refractivity contribution in [1.29, 1.82) is 0 Å². The topological polar surface area (TPSA) is 63.4 Å². The van der Waals surface area contributed by atoms with Crippen LogP contribution in [0.4, 0.5) is 10.1 Å². The predicted octanol–water partition coefficient (Wildman–Crippen LogP) is 2.61. The summed E-state index contributed by atoms with van der Waals surface area (Å²) in [4.78, 5) is -0.389. The maximum atomic E-state index is 13.8. The lowest BCUT2D eigenvalue weighted by molar-refractivity contribution is 0.169. The van der Waals surface area contributed by atoms with Gasteiger partial charge in [-0.1, -0.05) is 26.3 Å². The number of sulfonamides is 1. The molecule has 4 nitrogen and oxygen atoms in total. The highest BCUT2D eigenvalue weighted by Crippen LogP contribution is 2.36. The van der Waals surface area contributed by atoms with Crippen molar-refractivity contribution in [2.75, 3.05) is 18.8 Å². The molecule has 0 atom stereocenters. The minimum Gasteiger partial charge on any atom is -0.398 e. The lowest BCUT2D eigenvalue weighted by Gasteiger charge is -2.38. The molecule has 20 heavy (non-hydrogen) atoms. The van der Waals surface area contributed by atoms with E-state index in [1.807, 2.05) is 0 Å². The van der Waals surface area contributed by atoms with Gasteiger partial charge >= 0.3 is 0 Å². The van der Waals surface area contributed by atoms with E-state index in [-0.39, 0.29) is 16.0 Å². The Hall–Kier alpha value is -1.14. The smallest absolute Gasteiger partial charge is 0.248 e. The fourth-order valence-electron chi connectivity index (χ4n) is 2.55. The molecule has 1 saturated heterocycles. The molecule has 0 spiro atoms. The van der Waals surface area contributed by atoms with Gasteiger partial charge in [0.25, 0.3) is 0 Å². The third-order valence-electron chi connectivity index (χ3n) is 4.38. The van der Waals surface area contributed by atoms with Crippen LogP contribution in [0.5, 0.6) is 0 Å². The molecule has 1 aromatic rings. The van der Waals surface area contributed by atoms with Gasteiger partial charge in [0.05, 0.1) is 5.69 Å². The molecule has 2 N–H and O–H groups in total. The number of nitrogen functional groups attached to an aromatic ring is 1. The van der Waals surface area contributed by atoms with Gasteiger partial charge in [-0.2, -0.15) is 4.31 Å². The number of hydrogen-bond acceptors (Lipinski definition) is 3. The van der Waals surface area contributed by atoms with Crippen LogP contribution in [0.1, 0.15) is 33.1 Å². The fourth-order valence-corrected chi connectivity index (χ4v) is 4.15. The van der Waals surface area contributed by atoms with Crippen LogP contribution in [-0.2, 0) is 10.0 Å². The largest absolute Gasteiger partial charge is 0.398 e. The fraction of sp³-hybridized carbons (Fsp3) is 0.571. The van der Waals surface area contributed by atoms with E-state index in [0.717, 1.165) is 25.3 Å².